The van der Waals surface area contributed by atoms with Crippen LogP contribution in [0.3, 0.4) is 0 Å². The summed E-state index contributed by atoms with van der Waals surface area (Å²) in [5.41, 5.74) is 0.631. The molecule has 1 fully saturated rings. The maximum absolute atomic E-state index is 12.6. The fourth-order valence-electron chi connectivity index (χ4n) is 3.43. The Morgan fingerprint density at radius 3 is 2.36 bits per heavy atom. The van der Waals surface area contributed by atoms with E-state index in [4.69, 9.17) is 4.74 Å². The van der Waals surface area contributed by atoms with Crippen molar-refractivity contribution in [3.8, 4) is 11.5 Å². The number of nitro benzene ring substituents is 1. The molecule has 1 aliphatic rings. The number of rotatable bonds is 9. The van der Waals surface area contributed by atoms with Crippen LogP contribution in [-0.4, -0.2) is 62.4 Å². The van der Waals surface area contributed by atoms with Crippen molar-refractivity contribution < 1.29 is 31.6 Å². The molecule has 2 aromatic rings. The van der Waals surface area contributed by atoms with Gasteiger partial charge in [0.2, 0.25) is 10.0 Å². The van der Waals surface area contributed by atoms with Gasteiger partial charge in [0.15, 0.2) is 11.5 Å². The molecule has 1 heterocycles. The SMILES string of the molecule is COc1cc(CN2CCN(S(=O)(=O)/C=C/c3ccccc3)CC2)c([N+](=O)[O-])cc1OC(F)F. The first kappa shape index (κ1) is 24.6. The summed E-state index contributed by atoms with van der Waals surface area (Å²) in [6, 6.07) is 11.3. The molecule has 0 atom stereocenters. The molecular weight excluding hydrogens is 460 g/mol. The van der Waals surface area contributed by atoms with Gasteiger partial charge in [-0.1, -0.05) is 30.3 Å². The number of nitro groups is 1. The maximum atomic E-state index is 12.6. The molecule has 33 heavy (non-hydrogen) atoms. The average Bonchev–Trinajstić information content (AvgIpc) is 2.79. The van der Waals surface area contributed by atoms with Crippen LogP contribution in [0.4, 0.5) is 14.5 Å². The number of alkyl halides is 2. The molecule has 0 amide bonds. The van der Waals surface area contributed by atoms with Crippen molar-refractivity contribution in [2.24, 2.45) is 0 Å². The van der Waals surface area contributed by atoms with Crippen molar-refractivity contribution >= 4 is 21.8 Å². The minimum atomic E-state index is -3.62. The molecule has 0 radical (unpaired) electrons. The zero-order valence-corrected chi connectivity index (χ0v) is 18.6. The third-order valence-electron chi connectivity index (χ3n) is 5.09. The summed E-state index contributed by atoms with van der Waals surface area (Å²) >= 11 is 0. The van der Waals surface area contributed by atoms with Crippen LogP contribution in [0.25, 0.3) is 6.08 Å². The van der Waals surface area contributed by atoms with E-state index in [1.807, 2.05) is 23.1 Å². The Morgan fingerprint density at radius 2 is 1.79 bits per heavy atom. The Balaban J connectivity index is 1.69. The normalized spacial score (nSPS) is 15.8. The van der Waals surface area contributed by atoms with Crippen LogP contribution >= 0.6 is 0 Å². The zero-order chi connectivity index (χ0) is 24.0. The van der Waals surface area contributed by atoms with Crippen LogP contribution in [-0.2, 0) is 16.6 Å². The van der Waals surface area contributed by atoms with E-state index in [9.17, 15) is 27.3 Å². The van der Waals surface area contributed by atoms with E-state index < -0.39 is 27.3 Å². The number of sulfonamides is 1. The van der Waals surface area contributed by atoms with Crippen molar-refractivity contribution in [1.29, 1.82) is 0 Å². The zero-order valence-electron chi connectivity index (χ0n) is 17.8. The van der Waals surface area contributed by atoms with Gasteiger partial charge in [0.25, 0.3) is 5.69 Å². The van der Waals surface area contributed by atoms with Gasteiger partial charge in [-0.15, -0.1) is 0 Å². The second-order valence-electron chi connectivity index (χ2n) is 7.20. The Kier molecular flexibility index (Phi) is 7.95. The highest BCUT2D eigenvalue weighted by atomic mass is 32.2. The molecule has 0 unspecified atom stereocenters. The first-order valence-electron chi connectivity index (χ1n) is 9.95. The number of nitrogens with zero attached hydrogens (tertiary/aromatic N) is 3. The monoisotopic (exact) mass is 483 g/mol. The minimum Gasteiger partial charge on any atom is -0.493 e. The Labute approximate surface area is 190 Å². The predicted octanol–water partition coefficient (Wildman–Crippen LogP) is 3.32. The highest BCUT2D eigenvalue weighted by Crippen LogP contribution is 2.36. The van der Waals surface area contributed by atoms with Crippen molar-refractivity contribution in [3.63, 3.8) is 0 Å². The van der Waals surface area contributed by atoms with Crippen molar-refractivity contribution in [2.45, 2.75) is 13.2 Å². The molecule has 0 bridgehead atoms. The first-order valence-corrected chi connectivity index (χ1v) is 11.5. The number of benzene rings is 2. The molecule has 1 aliphatic heterocycles. The van der Waals surface area contributed by atoms with Gasteiger partial charge in [0.1, 0.15) is 0 Å². The van der Waals surface area contributed by atoms with Gasteiger partial charge in [-0.2, -0.15) is 13.1 Å². The molecule has 0 aromatic heterocycles. The Bertz CT molecular complexity index is 1100. The lowest BCUT2D eigenvalue weighted by Gasteiger charge is -2.33. The highest BCUT2D eigenvalue weighted by Gasteiger charge is 2.28. The van der Waals surface area contributed by atoms with Gasteiger partial charge in [0, 0.05) is 43.7 Å². The Morgan fingerprint density at radius 1 is 1.12 bits per heavy atom. The van der Waals surface area contributed by atoms with E-state index in [1.54, 1.807) is 12.1 Å². The molecule has 0 spiro atoms. The summed E-state index contributed by atoms with van der Waals surface area (Å²) in [5, 5.41) is 12.6. The molecule has 3 rings (SSSR count). The van der Waals surface area contributed by atoms with Gasteiger partial charge < -0.3 is 9.47 Å². The average molecular weight is 483 g/mol. The lowest BCUT2D eigenvalue weighted by atomic mass is 10.1. The summed E-state index contributed by atoms with van der Waals surface area (Å²) in [4.78, 5) is 12.7. The van der Waals surface area contributed by atoms with Crippen LogP contribution in [0, 0.1) is 10.1 Å². The van der Waals surface area contributed by atoms with Gasteiger partial charge in [-0.05, 0) is 17.7 Å². The van der Waals surface area contributed by atoms with E-state index >= 15 is 0 Å². The molecule has 178 valence electrons. The number of piperazine rings is 1. The molecule has 2 aromatic carbocycles. The summed E-state index contributed by atoms with van der Waals surface area (Å²) in [6.07, 6.45) is 1.53. The molecule has 1 saturated heterocycles. The van der Waals surface area contributed by atoms with Crippen LogP contribution < -0.4 is 9.47 Å². The number of methoxy groups -OCH3 is 1. The van der Waals surface area contributed by atoms with Crippen LogP contribution in [0.15, 0.2) is 47.9 Å². The standard InChI is InChI=1S/C21H23F2N3O6S/c1-31-19-13-17(18(26(27)28)14-20(19)32-21(22)23)15-24-8-10-25(11-9-24)33(29,30)12-7-16-5-3-2-4-6-16/h2-7,12-14,21H,8-11,15H2,1H3/b12-7+. The van der Waals surface area contributed by atoms with Gasteiger partial charge >= 0.3 is 6.61 Å². The van der Waals surface area contributed by atoms with Crippen LogP contribution in [0.5, 0.6) is 11.5 Å². The second-order valence-corrected chi connectivity index (χ2v) is 9.02. The number of hydrogen-bond donors (Lipinski definition) is 0. The van der Waals surface area contributed by atoms with E-state index in [-0.39, 0.29) is 36.6 Å². The quantitative estimate of drug-likeness (QED) is 0.398. The summed E-state index contributed by atoms with van der Waals surface area (Å²) in [7, 11) is -2.37. The van der Waals surface area contributed by atoms with Crippen LogP contribution in [0.1, 0.15) is 11.1 Å². The number of halogens is 2. The molecule has 9 nitrogen and oxygen atoms in total. The predicted molar refractivity (Wildman–Crippen MR) is 118 cm³/mol. The van der Waals surface area contributed by atoms with Crippen LogP contribution in [0.2, 0.25) is 0 Å². The van der Waals surface area contributed by atoms with E-state index in [2.05, 4.69) is 4.74 Å². The van der Waals surface area contributed by atoms with Gasteiger partial charge in [-0.3, -0.25) is 15.0 Å². The highest BCUT2D eigenvalue weighted by molar-refractivity contribution is 7.92. The summed E-state index contributed by atoms with van der Waals surface area (Å²) in [6.45, 7) is -1.94. The minimum absolute atomic E-state index is 0.0526. The Hall–Kier alpha value is -3.09. The third kappa shape index (κ3) is 6.46. The lowest BCUT2D eigenvalue weighted by molar-refractivity contribution is -0.385. The third-order valence-corrected chi connectivity index (χ3v) is 6.66. The fourth-order valence-corrected chi connectivity index (χ4v) is 4.61. The molecule has 0 saturated carbocycles. The van der Waals surface area contributed by atoms with Gasteiger partial charge in [0.05, 0.1) is 18.1 Å². The van der Waals surface area contributed by atoms with Crippen molar-refractivity contribution in [2.75, 3.05) is 33.3 Å². The van der Waals surface area contributed by atoms with Crippen molar-refractivity contribution in [3.05, 3.63) is 69.1 Å². The van der Waals surface area contributed by atoms with E-state index in [0.29, 0.717) is 13.1 Å². The smallest absolute Gasteiger partial charge is 0.387 e. The molecule has 0 N–H and O–H groups in total. The fraction of sp³-hybridized carbons (Fsp3) is 0.333. The maximum Gasteiger partial charge on any atom is 0.387 e. The topological polar surface area (TPSA) is 102 Å². The molecule has 12 heteroatoms. The largest absolute Gasteiger partial charge is 0.493 e. The number of ether oxygens (including phenoxy) is 2. The van der Waals surface area contributed by atoms with Crippen molar-refractivity contribution in [1.82, 2.24) is 9.21 Å². The lowest BCUT2D eigenvalue weighted by Crippen LogP contribution is -2.47. The molecule has 0 aliphatic carbocycles. The summed E-state index contributed by atoms with van der Waals surface area (Å²) in [5.74, 6) is -0.479. The first-order chi connectivity index (χ1) is 15.7. The summed E-state index contributed by atoms with van der Waals surface area (Å²) < 4.78 is 61.2. The number of hydrogen-bond acceptors (Lipinski definition) is 7. The van der Waals surface area contributed by atoms with E-state index in [1.165, 1.54) is 23.6 Å². The molecular formula is C21H23F2N3O6S. The van der Waals surface area contributed by atoms with E-state index in [0.717, 1.165) is 17.0 Å². The van der Waals surface area contributed by atoms with Gasteiger partial charge in [-0.25, -0.2) is 8.42 Å². The second kappa shape index (κ2) is 10.7.